The number of benzene rings is 1. The van der Waals surface area contributed by atoms with Gasteiger partial charge in [-0.05, 0) is 28.8 Å². The van der Waals surface area contributed by atoms with E-state index in [0.29, 0.717) is 47.6 Å². The summed E-state index contributed by atoms with van der Waals surface area (Å²) in [6.07, 6.45) is 3.39. The van der Waals surface area contributed by atoms with Crippen molar-refractivity contribution in [2.45, 2.75) is 37.5 Å². The van der Waals surface area contributed by atoms with Gasteiger partial charge in [0, 0.05) is 12.5 Å². The van der Waals surface area contributed by atoms with Crippen LogP contribution in [0.2, 0.25) is 0 Å². The van der Waals surface area contributed by atoms with Crippen LogP contribution in [0.25, 0.3) is 0 Å². The van der Waals surface area contributed by atoms with E-state index >= 15 is 0 Å². The van der Waals surface area contributed by atoms with Crippen LogP contribution in [0.15, 0.2) is 10.5 Å². The molecule has 1 heterocycles. The highest BCUT2D eigenvalue weighted by Gasteiger charge is 2.48. The van der Waals surface area contributed by atoms with Gasteiger partial charge in [0.05, 0.1) is 23.2 Å². The zero-order chi connectivity index (χ0) is 15.0. The molecule has 5 nitrogen and oxygen atoms in total. The number of phenolic OH excluding ortho intramolecular Hbond substituents is 1. The Morgan fingerprint density at radius 1 is 1.19 bits per heavy atom. The van der Waals surface area contributed by atoms with Gasteiger partial charge in [0.25, 0.3) is 0 Å². The van der Waals surface area contributed by atoms with Crippen molar-refractivity contribution in [2.24, 2.45) is 0 Å². The van der Waals surface area contributed by atoms with Gasteiger partial charge in [-0.2, -0.15) is 0 Å². The number of ether oxygens (including phenoxy) is 2. The third kappa shape index (κ3) is 2.25. The molecule has 0 saturated heterocycles. The fourth-order valence-electron chi connectivity index (χ4n) is 3.26. The molecule has 21 heavy (non-hydrogen) atoms. The van der Waals surface area contributed by atoms with Crippen molar-refractivity contribution >= 4 is 21.9 Å². The van der Waals surface area contributed by atoms with E-state index in [4.69, 9.17) is 9.47 Å². The van der Waals surface area contributed by atoms with Crippen molar-refractivity contribution in [3.63, 3.8) is 0 Å². The molecule has 114 valence electrons. The highest BCUT2D eigenvalue weighted by atomic mass is 79.9. The molecule has 0 spiro atoms. The van der Waals surface area contributed by atoms with Gasteiger partial charge in [0.15, 0.2) is 11.5 Å². The minimum Gasteiger partial charge on any atom is -0.506 e. The molecule has 0 aromatic heterocycles. The van der Waals surface area contributed by atoms with E-state index in [2.05, 4.69) is 15.9 Å². The molecule has 2 aliphatic rings. The highest BCUT2D eigenvalue weighted by molar-refractivity contribution is 9.10. The quantitative estimate of drug-likeness (QED) is 0.850. The highest BCUT2D eigenvalue weighted by Crippen LogP contribution is 2.54. The molecule has 0 atom stereocenters. The van der Waals surface area contributed by atoms with Gasteiger partial charge in [0.1, 0.15) is 11.2 Å². The lowest BCUT2D eigenvalue weighted by molar-refractivity contribution is -0.143. The average Bonchev–Trinajstić information content (AvgIpc) is 2.83. The lowest BCUT2D eigenvalue weighted by Crippen LogP contribution is -2.33. The zero-order valence-corrected chi connectivity index (χ0v) is 13.1. The van der Waals surface area contributed by atoms with Crippen LogP contribution in [-0.4, -0.2) is 29.4 Å². The second-order valence-corrected chi connectivity index (χ2v) is 6.41. The third-order valence-electron chi connectivity index (χ3n) is 4.31. The Hall–Kier alpha value is -1.43. The molecule has 0 radical (unpaired) electrons. The Morgan fingerprint density at radius 2 is 1.86 bits per heavy atom. The summed E-state index contributed by atoms with van der Waals surface area (Å²) < 4.78 is 11.8. The standard InChI is InChI=1S/C15H17BrO5/c16-9-8-10-13(21-7-3-6-20-10)11(12(9)17)15(14(18)19)4-1-2-5-15/h8,17H,1-7H2,(H,18,19). The van der Waals surface area contributed by atoms with Crippen molar-refractivity contribution in [2.75, 3.05) is 13.2 Å². The van der Waals surface area contributed by atoms with Crippen LogP contribution >= 0.6 is 15.9 Å². The Labute approximate surface area is 131 Å². The number of phenols is 1. The molecular weight excluding hydrogens is 340 g/mol. The van der Waals surface area contributed by atoms with Gasteiger partial charge in [-0.1, -0.05) is 12.8 Å². The Bertz CT molecular complexity index is 578. The zero-order valence-electron chi connectivity index (χ0n) is 11.5. The topological polar surface area (TPSA) is 76.0 Å². The van der Waals surface area contributed by atoms with Crippen LogP contribution in [0.4, 0.5) is 0 Å². The number of fused-ring (bicyclic) bond motifs is 1. The summed E-state index contributed by atoms with van der Waals surface area (Å²) in [5.41, 5.74) is -0.732. The number of aliphatic carboxylic acids is 1. The minimum absolute atomic E-state index is 0.0523. The smallest absolute Gasteiger partial charge is 0.314 e. The predicted octanol–water partition coefficient (Wildman–Crippen LogP) is 3.21. The second-order valence-electron chi connectivity index (χ2n) is 5.55. The molecule has 0 bridgehead atoms. The summed E-state index contributed by atoms with van der Waals surface area (Å²) in [5, 5.41) is 20.3. The average molecular weight is 357 g/mol. The molecule has 1 aliphatic carbocycles. The molecule has 1 saturated carbocycles. The van der Waals surface area contributed by atoms with E-state index in [1.165, 1.54) is 0 Å². The summed E-state index contributed by atoms with van der Waals surface area (Å²) in [6.45, 7) is 0.973. The van der Waals surface area contributed by atoms with Gasteiger partial charge in [-0.3, -0.25) is 4.79 Å². The maximum Gasteiger partial charge on any atom is 0.314 e. The van der Waals surface area contributed by atoms with Crippen LogP contribution in [0.1, 0.15) is 37.7 Å². The molecular formula is C15H17BrO5. The summed E-state index contributed by atoms with van der Waals surface area (Å²) in [7, 11) is 0. The lowest BCUT2D eigenvalue weighted by Gasteiger charge is -2.28. The minimum atomic E-state index is -1.09. The number of hydrogen-bond acceptors (Lipinski definition) is 4. The number of carboxylic acid groups (broad SMARTS) is 1. The molecule has 0 unspecified atom stereocenters. The van der Waals surface area contributed by atoms with Gasteiger partial charge < -0.3 is 19.7 Å². The number of aromatic hydroxyl groups is 1. The largest absolute Gasteiger partial charge is 0.506 e. The fraction of sp³-hybridized carbons (Fsp3) is 0.533. The molecule has 1 aromatic carbocycles. The predicted molar refractivity (Wildman–Crippen MR) is 79.2 cm³/mol. The van der Waals surface area contributed by atoms with Crippen molar-refractivity contribution < 1.29 is 24.5 Å². The number of carbonyl (C=O) groups is 1. The Balaban J connectivity index is 2.25. The SMILES string of the molecule is O=C(O)C1(c2c(O)c(Br)cc3c2OCCCO3)CCCC1. The van der Waals surface area contributed by atoms with Crippen LogP contribution < -0.4 is 9.47 Å². The van der Waals surface area contributed by atoms with Gasteiger partial charge >= 0.3 is 5.97 Å². The summed E-state index contributed by atoms with van der Waals surface area (Å²) in [4.78, 5) is 11.9. The van der Waals surface area contributed by atoms with Crippen molar-refractivity contribution in [1.29, 1.82) is 0 Å². The first kappa shape index (κ1) is 14.5. The molecule has 3 rings (SSSR count). The van der Waals surface area contributed by atoms with E-state index in [1.807, 2.05) is 0 Å². The molecule has 1 aromatic rings. The van der Waals surface area contributed by atoms with Crippen LogP contribution in [0, 0.1) is 0 Å². The van der Waals surface area contributed by atoms with Crippen LogP contribution in [0.5, 0.6) is 17.2 Å². The number of rotatable bonds is 2. The van der Waals surface area contributed by atoms with Crippen LogP contribution in [0.3, 0.4) is 0 Å². The second kappa shape index (κ2) is 5.40. The van der Waals surface area contributed by atoms with Gasteiger partial charge in [0.2, 0.25) is 0 Å². The Morgan fingerprint density at radius 3 is 2.52 bits per heavy atom. The maximum absolute atomic E-state index is 11.9. The number of halogens is 1. The van der Waals surface area contributed by atoms with E-state index in [1.54, 1.807) is 6.07 Å². The summed E-state index contributed by atoms with van der Waals surface area (Å²) >= 11 is 3.29. The molecule has 1 aliphatic heterocycles. The third-order valence-corrected chi connectivity index (χ3v) is 4.91. The summed E-state index contributed by atoms with van der Waals surface area (Å²) in [5.74, 6) is -0.0794. The number of carboxylic acids is 1. The first-order chi connectivity index (χ1) is 10.1. The van der Waals surface area contributed by atoms with Crippen molar-refractivity contribution in [1.82, 2.24) is 0 Å². The molecule has 6 heteroatoms. The van der Waals surface area contributed by atoms with Crippen molar-refractivity contribution in [3.8, 4) is 17.2 Å². The van der Waals surface area contributed by atoms with E-state index in [-0.39, 0.29) is 5.75 Å². The number of hydrogen-bond donors (Lipinski definition) is 2. The van der Waals surface area contributed by atoms with Gasteiger partial charge in [-0.25, -0.2) is 0 Å². The van der Waals surface area contributed by atoms with Crippen molar-refractivity contribution in [3.05, 3.63) is 16.1 Å². The Kier molecular flexibility index (Phi) is 3.73. The monoisotopic (exact) mass is 356 g/mol. The van der Waals surface area contributed by atoms with E-state index in [9.17, 15) is 15.0 Å². The van der Waals surface area contributed by atoms with Gasteiger partial charge in [-0.15, -0.1) is 0 Å². The maximum atomic E-state index is 11.9. The normalized spacial score (nSPS) is 20.0. The lowest BCUT2D eigenvalue weighted by atomic mass is 9.77. The molecule has 2 N–H and O–H groups in total. The molecule has 0 amide bonds. The van der Waals surface area contributed by atoms with Crippen LogP contribution in [-0.2, 0) is 10.2 Å². The van der Waals surface area contributed by atoms with E-state index < -0.39 is 11.4 Å². The first-order valence-electron chi connectivity index (χ1n) is 7.11. The summed E-state index contributed by atoms with van der Waals surface area (Å²) in [6, 6.07) is 1.64. The fourth-order valence-corrected chi connectivity index (χ4v) is 3.66. The van der Waals surface area contributed by atoms with E-state index in [0.717, 1.165) is 19.3 Å². The first-order valence-corrected chi connectivity index (χ1v) is 7.90. The molecule has 1 fully saturated rings.